The summed E-state index contributed by atoms with van der Waals surface area (Å²) in [5.41, 5.74) is 0. The second-order valence-electron chi connectivity index (χ2n) is 5.75. The zero-order valence-corrected chi connectivity index (χ0v) is 13.6. The molecule has 0 radical (unpaired) electrons. The number of hydrogen-bond donors (Lipinski definition) is 1. The molecule has 0 aliphatic heterocycles. The first-order valence-corrected chi connectivity index (χ1v) is 8.71. The summed E-state index contributed by atoms with van der Waals surface area (Å²) in [4.78, 5) is 10.2. The monoisotopic (exact) mass is 305 g/mol. The third kappa shape index (κ3) is 3.35. The molecule has 0 aromatic carbocycles. The van der Waals surface area contributed by atoms with Crippen molar-refractivity contribution in [1.29, 1.82) is 0 Å². The summed E-state index contributed by atoms with van der Waals surface area (Å²) in [5.74, 6) is 2.51. The molecule has 2 aromatic rings. The van der Waals surface area contributed by atoms with E-state index in [4.69, 9.17) is 4.74 Å². The van der Waals surface area contributed by atoms with Gasteiger partial charge in [0.25, 0.3) is 0 Å². The molecule has 21 heavy (non-hydrogen) atoms. The van der Waals surface area contributed by atoms with Crippen molar-refractivity contribution in [2.45, 2.75) is 51.7 Å². The van der Waals surface area contributed by atoms with Gasteiger partial charge in [0.15, 0.2) is 5.82 Å². The van der Waals surface area contributed by atoms with Crippen LogP contribution in [-0.2, 0) is 11.3 Å². The lowest BCUT2D eigenvalue weighted by molar-refractivity contribution is -0.00103. The van der Waals surface area contributed by atoms with E-state index < -0.39 is 0 Å². The van der Waals surface area contributed by atoms with Crippen LogP contribution in [0.4, 0.5) is 5.82 Å². The molecule has 2 unspecified atom stereocenters. The maximum absolute atomic E-state index is 6.08. The molecule has 1 saturated carbocycles. The van der Waals surface area contributed by atoms with E-state index in [1.807, 2.05) is 7.05 Å². The number of aromatic nitrogens is 2. The third-order valence-corrected chi connectivity index (χ3v) is 5.17. The summed E-state index contributed by atoms with van der Waals surface area (Å²) in [6.45, 7) is 2.80. The molecule has 1 fully saturated rings. The van der Waals surface area contributed by atoms with Gasteiger partial charge in [-0.3, -0.25) is 0 Å². The molecule has 5 heteroatoms. The molecule has 2 aromatic heterocycles. The van der Waals surface area contributed by atoms with Gasteiger partial charge in [0.1, 0.15) is 17.3 Å². The first-order chi connectivity index (χ1) is 10.3. The second kappa shape index (κ2) is 6.71. The van der Waals surface area contributed by atoms with Crippen LogP contribution in [0.25, 0.3) is 10.2 Å². The number of fused-ring (bicyclic) bond motifs is 1. The highest BCUT2D eigenvalue weighted by Gasteiger charge is 2.21. The van der Waals surface area contributed by atoms with Crippen LogP contribution in [0.15, 0.2) is 11.4 Å². The lowest BCUT2D eigenvalue weighted by Crippen LogP contribution is -2.22. The van der Waals surface area contributed by atoms with Crippen LogP contribution in [0.1, 0.15) is 44.9 Å². The minimum Gasteiger partial charge on any atom is -0.372 e. The molecular weight excluding hydrogens is 282 g/mol. The van der Waals surface area contributed by atoms with Gasteiger partial charge in [-0.15, -0.1) is 11.3 Å². The lowest BCUT2D eigenvalue weighted by Gasteiger charge is -2.28. The number of anilines is 1. The molecule has 1 aliphatic rings. The molecule has 0 amide bonds. The number of rotatable bonds is 5. The predicted octanol–water partition coefficient (Wildman–Crippen LogP) is 4.22. The van der Waals surface area contributed by atoms with Crippen LogP contribution in [0.5, 0.6) is 0 Å². The lowest BCUT2D eigenvalue weighted by atomic mass is 9.85. The Balaban J connectivity index is 1.67. The summed E-state index contributed by atoms with van der Waals surface area (Å²) in [5, 5.41) is 6.30. The van der Waals surface area contributed by atoms with E-state index >= 15 is 0 Å². The van der Waals surface area contributed by atoms with E-state index in [0.29, 0.717) is 12.7 Å². The van der Waals surface area contributed by atoms with Crippen LogP contribution in [0.2, 0.25) is 0 Å². The van der Waals surface area contributed by atoms with Gasteiger partial charge in [-0.2, -0.15) is 0 Å². The van der Waals surface area contributed by atoms with Crippen LogP contribution >= 0.6 is 11.3 Å². The van der Waals surface area contributed by atoms with Crippen molar-refractivity contribution >= 4 is 27.4 Å². The number of hydrogen-bond acceptors (Lipinski definition) is 5. The SMILES string of the molecule is CCC1CCCC(OCc2nc(NC)c3ccsc3n2)C1. The van der Waals surface area contributed by atoms with Gasteiger partial charge in [0.05, 0.1) is 11.5 Å². The van der Waals surface area contributed by atoms with Crippen molar-refractivity contribution in [2.75, 3.05) is 12.4 Å². The average Bonchev–Trinajstić information content (AvgIpc) is 3.00. The molecule has 1 aliphatic carbocycles. The molecule has 0 saturated heterocycles. The van der Waals surface area contributed by atoms with E-state index in [0.717, 1.165) is 27.8 Å². The maximum Gasteiger partial charge on any atom is 0.158 e. The van der Waals surface area contributed by atoms with Gasteiger partial charge < -0.3 is 10.1 Å². The zero-order chi connectivity index (χ0) is 14.7. The van der Waals surface area contributed by atoms with Crippen LogP contribution < -0.4 is 5.32 Å². The van der Waals surface area contributed by atoms with E-state index in [1.165, 1.54) is 32.1 Å². The number of thiophene rings is 1. The molecular formula is C16H23N3OS. The third-order valence-electron chi connectivity index (χ3n) is 4.37. The fourth-order valence-electron chi connectivity index (χ4n) is 3.11. The topological polar surface area (TPSA) is 47.0 Å². The first-order valence-electron chi connectivity index (χ1n) is 7.83. The summed E-state index contributed by atoms with van der Waals surface area (Å²) in [6, 6.07) is 2.06. The van der Waals surface area contributed by atoms with Gasteiger partial charge in [-0.25, -0.2) is 9.97 Å². The van der Waals surface area contributed by atoms with Crippen molar-refractivity contribution in [1.82, 2.24) is 9.97 Å². The number of nitrogens with zero attached hydrogens (tertiary/aromatic N) is 2. The number of ether oxygens (including phenoxy) is 1. The quantitative estimate of drug-likeness (QED) is 0.898. The molecule has 1 N–H and O–H groups in total. The van der Waals surface area contributed by atoms with E-state index in [-0.39, 0.29) is 0 Å². The Kier molecular flexibility index (Phi) is 4.70. The molecule has 4 nitrogen and oxygen atoms in total. The predicted molar refractivity (Wildman–Crippen MR) is 87.8 cm³/mol. The van der Waals surface area contributed by atoms with Crippen molar-refractivity contribution < 1.29 is 4.74 Å². The van der Waals surface area contributed by atoms with Gasteiger partial charge in [-0.1, -0.05) is 26.2 Å². The summed E-state index contributed by atoms with van der Waals surface area (Å²) in [6.07, 6.45) is 6.66. The first kappa shape index (κ1) is 14.7. The largest absolute Gasteiger partial charge is 0.372 e. The van der Waals surface area contributed by atoms with Crippen LogP contribution in [-0.4, -0.2) is 23.1 Å². The second-order valence-corrected chi connectivity index (χ2v) is 6.65. The summed E-state index contributed by atoms with van der Waals surface area (Å²) >= 11 is 1.65. The molecule has 2 atom stereocenters. The minimum absolute atomic E-state index is 0.379. The van der Waals surface area contributed by atoms with Gasteiger partial charge in [0.2, 0.25) is 0 Å². The van der Waals surface area contributed by atoms with Gasteiger partial charge in [-0.05, 0) is 30.2 Å². The highest BCUT2D eigenvalue weighted by Crippen LogP contribution is 2.29. The van der Waals surface area contributed by atoms with Crippen molar-refractivity contribution in [2.24, 2.45) is 5.92 Å². The maximum atomic E-state index is 6.08. The Morgan fingerprint density at radius 1 is 1.38 bits per heavy atom. The van der Waals surface area contributed by atoms with Crippen LogP contribution in [0.3, 0.4) is 0 Å². The van der Waals surface area contributed by atoms with E-state index in [1.54, 1.807) is 11.3 Å². The minimum atomic E-state index is 0.379. The van der Waals surface area contributed by atoms with Crippen molar-refractivity contribution in [3.05, 3.63) is 17.3 Å². The molecule has 3 rings (SSSR count). The summed E-state index contributed by atoms with van der Waals surface area (Å²) in [7, 11) is 1.90. The van der Waals surface area contributed by atoms with Crippen molar-refractivity contribution in [3.8, 4) is 0 Å². The Bertz CT molecular complexity index is 598. The standard InChI is InChI=1S/C16H23N3OS/c1-3-11-5-4-6-12(9-11)20-10-14-18-15(17-2)13-7-8-21-16(13)19-14/h7-8,11-12H,3-6,9-10H2,1-2H3,(H,17,18,19). The van der Waals surface area contributed by atoms with Gasteiger partial charge >= 0.3 is 0 Å². The van der Waals surface area contributed by atoms with E-state index in [2.05, 4.69) is 33.7 Å². The smallest absolute Gasteiger partial charge is 0.158 e. The fourth-order valence-corrected chi connectivity index (χ4v) is 3.89. The highest BCUT2D eigenvalue weighted by atomic mass is 32.1. The van der Waals surface area contributed by atoms with Gasteiger partial charge in [0, 0.05) is 7.05 Å². The molecule has 0 spiro atoms. The van der Waals surface area contributed by atoms with Crippen molar-refractivity contribution in [3.63, 3.8) is 0 Å². The Morgan fingerprint density at radius 2 is 2.29 bits per heavy atom. The average molecular weight is 305 g/mol. The van der Waals surface area contributed by atoms with Crippen LogP contribution in [0, 0.1) is 5.92 Å². The highest BCUT2D eigenvalue weighted by molar-refractivity contribution is 7.16. The zero-order valence-electron chi connectivity index (χ0n) is 12.8. The Labute approximate surface area is 129 Å². The van der Waals surface area contributed by atoms with E-state index in [9.17, 15) is 0 Å². The molecule has 0 bridgehead atoms. The summed E-state index contributed by atoms with van der Waals surface area (Å²) < 4.78 is 6.08. The Morgan fingerprint density at radius 3 is 3.10 bits per heavy atom. The molecule has 2 heterocycles. The fraction of sp³-hybridized carbons (Fsp3) is 0.625. The Hall–Kier alpha value is -1.20. The normalized spacial score (nSPS) is 22.6. The number of nitrogens with one attached hydrogen (secondary N) is 1. The molecule has 114 valence electrons.